The molecule has 0 aromatic heterocycles. The average Bonchev–Trinajstić information content (AvgIpc) is 2.64. The van der Waals surface area contributed by atoms with Crippen molar-refractivity contribution in [3.05, 3.63) is 0 Å². The summed E-state index contributed by atoms with van der Waals surface area (Å²) in [7, 11) is 0. The summed E-state index contributed by atoms with van der Waals surface area (Å²) in [4.78, 5) is 0. The first-order valence-corrected chi connectivity index (χ1v) is 8.10. The number of ether oxygens (including phenoxy) is 2. The molecule has 5 atom stereocenters. The number of rotatable bonds is 5. The summed E-state index contributed by atoms with van der Waals surface area (Å²) < 4.78 is 11.5. The maximum absolute atomic E-state index is 6.04. The van der Waals surface area contributed by atoms with E-state index in [2.05, 4.69) is 33.0 Å². The van der Waals surface area contributed by atoms with Gasteiger partial charge in [0.2, 0.25) is 0 Å². The summed E-state index contributed by atoms with van der Waals surface area (Å²) in [6, 6.07) is 0.600. The molecule has 0 aliphatic carbocycles. The maximum atomic E-state index is 6.04. The van der Waals surface area contributed by atoms with Gasteiger partial charge in [0.15, 0.2) is 0 Å². The Labute approximate surface area is 118 Å². The Kier molecular flexibility index (Phi) is 5.67. The van der Waals surface area contributed by atoms with Gasteiger partial charge in [0.05, 0.1) is 12.2 Å². The topological polar surface area (TPSA) is 30.5 Å². The third-order valence-corrected chi connectivity index (χ3v) is 5.18. The molecule has 0 amide bonds. The Morgan fingerprint density at radius 2 is 1.79 bits per heavy atom. The van der Waals surface area contributed by atoms with Crippen LogP contribution in [0.15, 0.2) is 0 Å². The molecule has 19 heavy (non-hydrogen) atoms. The molecule has 0 aromatic rings. The fraction of sp³-hybridized carbons (Fsp3) is 1.00. The number of hydrogen-bond acceptors (Lipinski definition) is 3. The first-order chi connectivity index (χ1) is 9.13. The SMILES string of the molecule is CCNC(CC1CCOCC1)C1C(C)OC(C)C1C. The molecule has 0 spiro atoms. The van der Waals surface area contributed by atoms with E-state index in [-0.39, 0.29) is 0 Å². The van der Waals surface area contributed by atoms with E-state index in [1.165, 1.54) is 19.3 Å². The minimum Gasteiger partial charge on any atom is -0.381 e. The van der Waals surface area contributed by atoms with Gasteiger partial charge in [-0.1, -0.05) is 13.8 Å². The van der Waals surface area contributed by atoms with Gasteiger partial charge in [0.25, 0.3) is 0 Å². The molecular weight excluding hydrogens is 238 g/mol. The van der Waals surface area contributed by atoms with E-state index in [1.54, 1.807) is 0 Å². The molecule has 2 rings (SSSR count). The van der Waals surface area contributed by atoms with Crippen LogP contribution in [0.4, 0.5) is 0 Å². The Balaban J connectivity index is 1.97. The van der Waals surface area contributed by atoms with Crippen LogP contribution >= 0.6 is 0 Å². The van der Waals surface area contributed by atoms with Crippen LogP contribution < -0.4 is 5.32 Å². The second-order valence-electron chi connectivity index (χ2n) is 6.44. The van der Waals surface area contributed by atoms with Crippen molar-refractivity contribution >= 4 is 0 Å². The van der Waals surface area contributed by atoms with Crippen LogP contribution in [0.1, 0.15) is 47.0 Å². The molecule has 5 unspecified atom stereocenters. The van der Waals surface area contributed by atoms with Crippen molar-refractivity contribution in [1.82, 2.24) is 5.32 Å². The summed E-state index contributed by atoms with van der Waals surface area (Å²) in [6.45, 7) is 12.0. The standard InChI is InChI=1S/C16H31NO2/c1-5-17-15(10-14-6-8-18-9-7-14)16-11(2)12(3)19-13(16)4/h11-17H,5-10H2,1-4H3. The zero-order valence-corrected chi connectivity index (χ0v) is 13.0. The van der Waals surface area contributed by atoms with E-state index in [0.717, 1.165) is 25.7 Å². The fourth-order valence-corrected chi connectivity index (χ4v) is 3.97. The highest BCUT2D eigenvalue weighted by Crippen LogP contribution is 2.37. The highest BCUT2D eigenvalue weighted by Gasteiger charge is 2.41. The molecule has 112 valence electrons. The third-order valence-electron chi connectivity index (χ3n) is 5.18. The average molecular weight is 269 g/mol. The van der Waals surface area contributed by atoms with E-state index >= 15 is 0 Å². The van der Waals surface area contributed by atoms with Gasteiger partial charge in [-0.3, -0.25) is 0 Å². The van der Waals surface area contributed by atoms with Gasteiger partial charge < -0.3 is 14.8 Å². The predicted octanol–water partition coefficient (Wildman–Crippen LogP) is 2.84. The maximum Gasteiger partial charge on any atom is 0.0597 e. The van der Waals surface area contributed by atoms with E-state index in [9.17, 15) is 0 Å². The zero-order chi connectivity index (χ0) is 13.8. The van der Waals surface area contributed by atoms with Crippen LogP contribution in [0.5, 0.6) is 0 Å². The second kappa shape index (κ2) is 7.05. The Bertz CT molecular complexity index is 265. The fourth-order valence-electron chi connectivity index (χ4n) is 3.97. The van der Waals surface area contributed by atoms with Crippen molar-refractivity contribution in [2.45, 2.75) is 65.2 Å². The first kappa shape index (κ1) is 15.3. The van der Waals surface area contributed by atoms with Crippen molar-refractivity contribution in [3.63, 3.8) is 0 Å². The monoisotopic (exact) mass is 269 g/mol. The Morgan fingerprint density at radius 3 is 2.32 bits per heavy atom. The van der Waals surface area contributed by atoms with Crippen LogP contribution in [0.2, 0.25) is 0 Å². The first-order valence-electron chi connectivity index (χ1n) is 8.10. The lowest BCUT2D eigenvalue weighted by atomic mass is 9.78. The van der Waals surface area contributed by atoms with Crippen molar-refractivity contribution < 1.29 is 9.47 Å². The highest BCUT2D eigenvalue weighted by molar-refractivity contribution is 4.92. The van der Waals surface area contributed by atoms with Crippen LogP contribution in [-0.4, -0.2) is 38.0 Å². The molecule has 0 saturated carbocycles. The van der Waals surface area contributed by atoms with Gasteiger partial charge in [-0.05, 0) is 51.5 Å². The quantitative estimate of drug-likeness (QED) is 0.832. The molecule has 2 aliphatic heterocycles. The molecule has 2 saturated heterocycles. The lowest BCUT2D eigenvalue weighted by molar-refractivity contribution is 0.0397. The third kappa shape index (κ3) is 3.71. The predicted molar refractivity (Wildman–Crippen MR) is 78.3 cm³/mol. The molecule has 2 heterocycles. The molecule has 0 radical (unpaired) electrons. The molecule has 0 aromatic carbocycles. The lowest BCUT2D eigenvalue weighted by Gasteiger charge is -2.33. The summed E-state index contributed by atoms with van der Waals surface area (Å²) in [5.74, 6) is 2.13. The van der Waals surface area contributed by atoms with Gasteiger partial charge in [0.1, 0.15) is 0 Å². The minimum atomic E-state index is 0.383. The molecule has 1 N–H and O–H groups in total. The summed E-state index contributed by atoms with van der Waals surface area (Å²) in [5.41, 5.74) is 0. The summed E-state index contributed by atoms with van der Waals surface area (Å²) >= 11 is 0. The van der Waals surface area contributed by atoms with E-state index in [0.29, 0.717) is 30.1 Å². The molecule has 3 nitrogen and oxygen atoms in total. The minimum absolute atomic E-state index is 0.383. The molecule has 2 fully saturated rings. The second-order valence-corrected chi connectivity index (χ2v) is 6.44. The number of nitrogens with one attached hydrogen (secondary N) is 1. The highest BCUT2D eigenvalue weighted by atomic mass is 16.5. The summed E-state index contributed by atoms with van der Waals surface area (Å²) in [6.07, 6.45) is 4.53. The lowest BCUT2D eigenvalue weighted by Crippen LogP contribution is -2.43. The van der Waals surface area contributed by atoms with Crippen LogP contribution in [-0.2, 0) is 9.47 Å². The molecule has 0 bridgehead atoms. The molecular formula is C16H31NO2. The van der Waals surface area contributed by atoms with Gasteiger partial charge in [0, 0.05) is 25.2 Å². The Morgan fingerprint density at radius 1 is 1.11 bits per heavy atom. The van der Waals surface area contributed by atoms with Crippen molar-refractivity contribution in [2.24, 2.45) is 17.8 Å². The van der Waals surface area contributed by atoms with Crippen LogP contribution in [0.3, 0.4) is 0 Å². The van der Waals surface area contributed by atoms with Crippen molar-refractivity contribution in [1.29, 1.82) is 0 Å². The smallest absolute Gasteiger partial charge is 0.0597 e. The zero-order valence-electron chi connectivity index (χ0n) is 13.0. The van der Waals surface area contributed by atoms with Crippen molar-refractivity contribution in [3.8, 4) is 0 Å². The van der Waals surface area contributed by atoms with E-state index < -0.39 is 0 Å². The van der Waals surface area contributed by atoms with E-state index in [4.69, 9.17) is 9.47 Å². The van der Waals surface area contributed by atoms with Crippen LogP contribution in [0, 0.1) is 17.8 Å². The van der Waals surface area contributed by atoms with Gasteiger partial charge in [-0.15, -0.1) is 0 Å². The number of hydrogen-bond donors (Lipinski definition) is 1. The molecule has 2 aliphatic rings. The van der Waals surface area contributed by atoms with Crippen molar-refractivity contribution in [2.75, 3.05) is 19.8 Å². The van der Waals surface area contributed by atoms with Gasteiger partial charge in [-0.25, -0.2) is 0 Å². The van der Waals surface area contributed by atoms with Gasteiger partial charge in [-0.2, -0.15) is 0 Å². The Hall–Kier alpha value is -0.120. The van der Waals surface area contributed by atoms with Gasteiger partial charge >= 0.3 is 0 Å². The van der Waals surface area contributed by atoms with E-state index in [1.807, 2.05) is 0 Å². The molecule has 3 heteroatoms. The summed E-state index contributed by atoms with van der Waals surface area (Å²) in [5, 5.41) is 3.73. The normalized spacial score (nSPS) is 38.5. The largest absolute Gasteiger partial charge is 0.381 e. The van der Waals surface area contributed by atoms with Crippen LogP contribution in [0.25, 0.3) is 0 Å².